The van der Waals surface area contributed by atoms with E-state index in [-0.39, 0.29) is 12.3 Å². The Bertz CT molecular complexity index is 873. The van der Waals surface area contributed by atoms with Gasteiger partial charge in [0.2, 0.25) is 11.9 Å². The second kappa shape index (κ2) is 4.71. The molecule has 2 N–H and O–H groups in total. The van der Waals surface area contributed by atoms with Gasteiger partial charge in [-0.15, -0.1) is 11.3 Å². The second-order valence-electron chi connectivity index (χ2n) is 4.65. The van der Waals surface area contributed by atoms with Crippen molar-refractivity contribution in [3.05, 3.63) is 47.7 Å². The van der Waals surface area contributed by atoms with Gasteiger partial charge in [-0.05, 0) is 12.1 Å². The summed E-state index contributed by atoms with van der Waals surface area (Å²) in [6.45, 7) is 0. The van der Waals surface area contributed by atoms with Crippen LogP contribution in [0.15, 0.2) is 42.0 Å². The number of amides is 1. The van der Waals surface area contributed by atoms with Gasteiger partial charge in [-0.1, -0.05) is 12.1 Å². The van der Waals surface area contributed by atoms with Gasteiger partial charge in [0.05, 0.1) is 23.1 Å². The third kappa shape index (κ3) is 2.27. The Hall–Kier alpha value is -2.67. The number of carbonyl (C=O) groups excluding carboxylic acids is 1. The lowest BCUT2D eigenvalue weighted by molar-refractivity contribution is -0.115. The fourth-order valence-electron chi connectivity index (χ4n) is 2.21. The number of anilines is 1. The summed E-state index contributed by atoms with van der Waals surface area (Å²) in [6.07, 6.45) is 4.02. The summed E-state index contributed by atoms with van der Waals surface area (Å²) in [5.74, 6) is 0.321. The molecule has 0 radical (unpaired) electrons. The Kier molecular flexibility index (Phi) is 2.71. The van der Waals surface area contributed by atoms with Gasteiger partial charge in [0.25, 0.3) is 0 Å². The number of hydrogen-bond donors (Lipinski definition) is 2. The van der Waals surface area contributed by atoms with E-state index in [1.807, 2.05) is 46.4 Å². The molecule has 1 aromatic carbocycles. The first kappa shape index (κ1) is 12.1. The maximum absolute atomic E-state index is 12.0. The van der Waals surface area contributed by atoms with Gasteiger partial charge in [0.1, 0.15) is 0 Å². The Morgan fingerprint density at radius 1 is 1.33 bits per heavy atom. The van der Waals surface area contributed by atoms with Crippen LogP contribution in [0.1, 0.15) is 5.69 Å². The summed E-state index contributed by atoms with van der Waals surface area (Å²) in [4.78, 5) is 24.7. The predicted molar refractivity (Wildman–Crippen MR) is 81.5 cm³/mol. The largest absolute Gasteiger partial charge is 0.324 e. The van der Waals surface area contributed by atoms with Gasteiger partial charge in [-0.3, -0.25) is 14.5 Å². The summed E-state index contributed by atoms with van der Waals surface area (Å²) in [6, 6.07) is 7.64. The lowest BCUT2D eigenvalue weighted by Gasteiger charge is -1.98. The molecule has 21 heavy (non-hydrogen) atoms. The minimum atomic E-state index is -0.139. The van der Waals surface area contributed by atoms with Gasteiger partial charge >= 0.3 is 0 Å². The predicted octanol–water partition coefficient (Wildman–Crippen LogP) is 2.45. The molecule has 0 fully saturated rings. The SMILES string of the molecule is O=C(Cc1cn2ccsc2n1)Nc1nc2ccccc2[nH]1. The molecular formula is C14H11N5OS. The van der Waals surface area contributed by atoms with E-state index >= 15 is 0 Å². The monoisotopic (exact) mass is 297 g/mol. The third-order valence-electron chi connectivity index (χ3n) is 3.13. The fraction of sp³-hybridized carbons (Fsp3) is 0.0714. The van der Waals surface area contributed by atoms with Crippen molar-refractivity contribution < 1.29 is 4.79 Å². The normalized spacial score (nSPS) is 11.2. The Balaban J connectivity index is 1.51. The van der Waals surface area contributed by atoms with E-state index in [9.17, 15) is 4.79 Å². The van der Waals surface area contributed by atoms with E-state index in [0.29, 0.717) is 5.95 Å². The molecule has 0 spiro atoms. The molecule has 0 aliphatic heterocycles. The van der Waals surface area contributed by atoms with Crippen LogP contribution in [0.25, 0.3) is 16.0 Å². The zero-order valence-electron chi connectivity index (χ0n) is 10.9. The van der Waals surface area contributed by atoms with Crippen LogP contribution in [-0.4, -0.2) is 25.3 Å². The number of carbonyl (C=O) groups is 1. The minimum Gasteiger partial charge on any atom is -0.324 e. The molecule has 0 saturated heterocycles. The third-order valence-corrected chi connectivity index (χ3v) is 3.90. The molecule has 6 nitrogen and oxygen atoms in total. The van der Waals surface area contributed by atoms with Crippen LogP contribution >= 0.6 is 11.3 Å². The zero-order valence-corrected chi connectivity index (χ0v) is 11.7. The molecule has 4 aromatic rings. The standard InChI is InChI=1S/C14H11N5OS/c20-12(7-9-8-19-5-6-21-14(19)15-9)18-13-16-10-3-1-2-4-11(10)17-13/h1-6,8H,7H2,(H2,16,17,18,20). The molecule has 0 saturated carbocycles. The minimum absolute atomic E-state index is 0.139. The maximum atomic E-state index is 12.0. The molecule has 3 aromatic heterocycles. The van der Waals surface area contributed by atoms with E-state index in [0.717, 1.165) is 21.7 Å². The van der Waals surface area contributed by atoms with E-state index in [1.165, 1.54) is 0 Å². The highest BCUT2D eigenvalue weighted by Crippen LogP contribution is 2.14. The fourth-order valence-corrected chi connectivity index (χ4v) is 2.93. The topological polar surface area (TPSA) is 75.1 Å². The number of H-pyrrole nitrogens is 1. The smallest absolute Gasteiger partial charge is 0.232 e. The number of aromatic amines is 1. The Labute approximate surface area is 123 Å². The first-order chi connectivity index (χ1) is 10.3. The molecule has 0 aliphatic rings. The van der Waals surface area contributed by atoms with Crippen LogP contribution in [0.5, 0.6) is 0 Å². The van der Waals surface area contributed by atoms with Crippen molar-refractivity contribution in [2.45, 2.75) is 6.42 Å². The number of hydrogen-bond acceptors (Lipinski definition) is 4. The molecule has 0 bridgehead atoms. The summed E-state index contributed by atoms with van der Waals surface area (Å²) in [7, 11) is 0. The quantitative estimate of drug-likeness (QED) is 0.610. The first-order valence-electron chi connectivity index (χ1n) is 6.43. The molecule has 0 unspecified atom stereocenters. The van der Waals surface area contributed by atoms with Gasteiger partial charge in [-0.25, -0.2) is 9.97 Å². The van der Waals surface area contributed by atoms with Crippen LogP contribution in [-0.2, 0) is 11.2 Å². The zero-order chi connectivity index (χ0) is 14.2. The van der Waals surface area contributed by atoms with Crippen LogP contribution < -0.4 is 5.32 Å². The number of aromatic nitrogens is 4. The Morgan fingerprint density at radius 2 is 2.24 bits per heavy atom. The molecule has 7 heteroatoms. The second-order valence-corrected chi connectivity index (χ2v) is 5.53. The van der Waals surface area contributed by atoms with Crippen molar-refractivity contribution in [1.82, 2.24) is 19.4 Å². The number of para-hydroxylation sites is 2. The highest BCUT2D eigenvalue weighted by atomic mass is 32.1. The van der Waals surface area contributed by atoms with Crippen molar-refractivity contribution in [3.63, 3.8) is 0 Å². The van der Waals surface area contributed by atoms with Crippen molar-refractivity contribution >= 4 is 39.2 Å². The molecule has 0 aliphatic carbocycles. The highest BCUT2D eigenvalue weighted by molar-refractivity contribution is 7.15. The van der Waals surface area contributed by atoms with Gasteiger partial charge < -0.3 is 4.98 Å². The van der Waals surface area contributed by atoms with Crippen LogP contribution in [0.2, 0.25) is 0 Å². The van der Waals surface area contributed by atoms with E-state index in [4.69, 9.17) is 0 Å². The van der Waals surface area contributed by atoms with Crippen molar-refractivity contribution in [3.8, 4) is 0 Å². The summed E-state index contributed by atoms with van der Waals surface area (Å²) >= 11 is 1.54. The number of thiazole rings is 1. The highest BCUT2D eigenvalue weighted by Gasteiger charge is 2.10. The maximum Gasteiger partial charge on any atom is 0.232 e. The number of rotatable bonds is 3. The summed E-state index contributed by atoms with van der Waals surface area (Å²) < 4.78 is 1.91. The summed E-state index contributed by atoms with van der Waals surface area (Å²) in [5.41, 5.74) is 2.47. The van der Waals surface area contributed by atoms with E-state index < -0.39 is 0 Å². The number of nitrogens with zero attached hydrogens (tertiary/aromatic N) is 3. The molecule has 0 atom stereocenters. The molecule has 4 rings (SSSR count). The van der Waals surface area contributed by atoms with E-state index in [2.05, 4.69) is 20.3 Å². The number of imidazole rings is 2. The van der Waals surface area contributed by atoms with Crippen LogP contribution in [0.4, 0.5) is 5.95 Å². The first-order valence-corrected chi connectivity index (χ1v) is 7.31. The van der Waals surface area contributed by atoms with Crippen LogP contribution in [0.3, 0.4) is 0 Å². The number of benzene rings is 1. The number of fused-ring (bicyclic) bond motifs is 2. The van der Waals surface area contributed by atoms with Gasteiger partial charge in [0.15, 0.2) is 4.96 Å². The van der Waals surface area contributed by atoms with Crippen molar-refractivity contribution in [2.24, 2.45) is 0 Å². The number of nitrogens with one attached hydrogen (secondary N) is 2. The van der Waals surface area contributed by atoms with Crippen LogP contribution in [0, 0.1) is 0 Å². The molecule has 104 valence electrons. The van der Waals surface area contributed by atoms with E-state index in [1.54, 1.807) is 11.3 Å². The average Bonchev–Trinajstić information content (AvgIpc) is 3.11. The average molecular weight is 297 g/mol. The van der Waals surface area contributed by atoms with Crippen molar-refractivity contribution in [1.29, 1.82) is 0 Å². The van der Waals surface area contributed by atoms with Gasteiger partial charge in [-0.2, -0.15) is 0 Å². The lowest BCUT2D eigenvalue weighted by atomic mass is 10.3. The summed E-state index contributed by atoms with van der Waals surface area (Å²) in [5, 5.41) is 4.72. The molecule has 1 amide bonds. The van der Waals surface area contributed by atoms with Gasteiger partial charge in [0, 0.05) is 17.8 Å². The lowest BCUT2D eigenvalue weighted by Crippen LogP contribution is -2.15. The molecular weight excluding hydrogens is 286 g/mol. The van der Waals surface area contributed by atoms with Crippen molar-refractivity contribution in [2.75, 3.05) is 5.32 Å². The molecule has 3 heterocycles. The Morgan fingerprint density at radius 3 is 3.10 bits per heavy atom.